The Morgan fingerprint density at radius 1 is 1.60 bits per heavy atom. The predicted molar refractivity (Wildman–Crippen MR) is 59.3 cm³/mol. The summed E-state index contributed by atoms with van der Waals surface area (Å²) in [5.41, 5.74) is 3.19. The van der Waals surface area contributed by atoms with Crippen molar-refractivity contribution in [3.8, 4) is 0 Å². The van der Waals surface area contributed by atoms with Crippen LogP contribution in [0.1, 0.15) is 30.4 Å². The van der Waals surface area contributed by atoms with Gasteiger partial charge < -0.3 is 10.4 Å². The first kappa shape index (κ1) is 10.0. The summed E-state index contributed by atoms with van der Waals surface area (Å²) in [4.78, 5) is 11.1. The highest BCUT2D eigenvalue weighted by Crippen LogP contribution is 2.34. The Labute approximate surface area is 89.1 Å². The van der Waals surface area contributed by atoms with Crippen LogP contribution in [0.25, 0.3) is 0 Å². The van der Waals surface area contributed by atoms with Gasteiger partial charge in [0.25, 0.3) is 0 Å². The van der Waals surface area contributed by atoms with Crippen LogP contribution in [0, 0.1) is 0 Å². The Morgan fingerprint density at radius 3 is 3.07 bits per heavy atom. The predicted octanol–water partition coefficient (Wildman–Crippen LogP) is 2.23. The number of para-hydroxylation sites is 1. The lowest BCUT2D eigenvalue weighted by molar-refractivity contribution is -0.138. The molecule has 0 amide bonds. The molecule has 1 unspecified atom stereocenters. The summed E-state index contributed by atoms with van der Waals surface area (Å²) in [6.45, 7) is 2.84. The summed E-state index contributed by atoms with van der Waals surface area (Å²) in [7, 11) is 0. The minimum absolute atomic E-state index is 0.340. The van der Waals surface area contributed by atoms with E-state index in [9.17, 15) is 4.79 Å². The standard InChI is InChI=1S/C12H15NO2/c1-2-8-4-3-5-9-10(12(14)15)6-7-13-11(8)9/h3-5,10,13H,2,6-7H2,1H3,(H,14,15). The van der Waals surface area contributed by atoms with Crippen LogP contribution in [0.3, 0.4) is 0 Å². The van der Waals surface area contributed by atoms with Gasteiger partial charge in [-0.05, 0) is 24.0 Å². The topological polar surface area (TPSA) is 49.3 Å². The molecule has 1 aliphatic rings. The smallest absolute Gasteiger partial charge is 0.311 e. The molecule has 0 aromatic heterocycles. The minimum Gasteiger partial charge on any atom is -0.481 e. The van der Waals surface area contributed by atoms with Crippen molar-refractivity contribution in [2.75, 3.05) is 11.9 Å². The number of hydrogen-bond acceptors (Lipinski definition) is 2. The number of benzene rings is 1. The molecule has 1 aromatic rings. The Balaban J connectivity index is 2.48. The molecule has 0 saturated heterocycles. The van der Waals surface area contributed by atoms with E-state index < -0.39 is 5.97 Å². The number of carbonyl (C=O) groups is 1. The van der Waals surface area contributed by atoms with Crippen LogP contribution in [0.2, 0.25) is 0 Å². The molecular formula is C12H15NO2. The fraction of sp³-hybridized carbons (Fsp3) is 0.417. The largest absolute Gasteiger partial charge is 0.481 e. The average Bonchev–Trinajstić information content (AvgIpc) is 2.27. The molecule has 0 fully saturated rings. The van der Waals surface area contributed by atoms with Crippen molar-refractivity contribution >= 4 is 11.7 Å². The van der Waals surface area contributed by atoms with Gasteiger partial charge in [0.1, 0.15) is 0 Å². The third kappa shape index (κ3) is 1.69. The Kier molecular flexibility index (Phi) is 2.62. The second kappa shape index (κ2) is 3.93. The minimum atomic E-state index is -0.717. The SMILES string of the molecule is CCc1cccc2c1NCCC2C(=O)O. The van der Waals surface area contributed by atoms with E-state index >= 15 is 0 Å². The lowest BCUT2D eigenvalue weighted by Crippen LogP contribution is -2.23. The van der Waals surface area contributed by atoms with Crippen LogP contribution in [0.5, 0.6) is 0 Å². The van der Waals surface area contributed by atoms with Crippen LogP contribution in [0.15, 0.2) is 18.2 Å². The van der Waals surface area contributed by atoms with Gasteiger partial charge in [-0.25, -0.2) is 0 Å². The molecule has 2 N–H and O–H groups in total. The molecule has 1 heterocycles. The number of nitrogens with one attached hydrogen (secondary N) is 1. The van der Waals surface area contributed by atoms with Gasteiger partial charge in [0.2, 0.25) is 0 Å². The van der Waals surface area contributed by atoms with E-state index in [1.54, 1.807) is 0 Å². The van der Waals surface area contributed by atoms with Crippen molar-refractivity contribution in [1.82, 2.24) is 0 Å². The number of carboxylic acid groups (broad SMARTS) is 1. The molecule has 2 rings (SSSR count). The van der Waals surface area contributed by atoms with E-state index in [4.69, 9.17) is 5.11 Å². The Bertz CT molecular complexity index is 387. The first-order valence-electron chi connectivity index (χ1n) is 5.32. The van der Waals surface area contributed by atoms with E-state index in [2.05, 4.69) is 18.3 Å². The number of aryl methyl sites for hydroxylation is 1. The summed E-state index contributed by atoms with van der Waals surface area (Å²) in [6, 6.07) is 5.91. The fourth-order valence-electron chi connectivity index (χ4n) is 2.17. The van der Waals surface area contributed by atoms with Crippen LogP contribution < -0.4 is 5.32 Å². The van der Waals surface area contributed by atoms with Crippen molar-refractivity contribution in [2.24, 2.45) is 0 Å². The van der Waals surface area contributed by atoms with Crippen LogP contribution in [-0.4, -0.2) is 17.6 Å². The Hall–Kier alpha value is -1.51. The molecule has 0 spiro atoms. The molecule has 3 nitrogen and oxygen atoms in total. The number of anilines is 1. The molecule has 3 heteroatoms. The number of hydrogen-bond donors (Lipinski definition) is 2. The van der Waals surface area contributed by atoms with E-state index in [-0.39, 0.29) is 5.92 Å². The second-order valence-electron chi connectivity index (χ2n) is 3.84. The van der Waals surface area contributed by atoms with Crippen molar-refractivity contribution in [1.29, 1.82) is 0 Å². The quantitative estimate of drug-likeness (QED) is 0.778. The van der Waals surface area contributed by atoms with Gasteiger partial charge in [-0.15, -0.1) is 0 Å². The average molecular weight is 205 g/mol. The number of carboxylic acids is 1. The zero-order valence-electron chi connectivity index (χ0n) is 8.79. The zero-order valence-corrected chi connectivity index (χ0v) is 8.79. The molecule has 0 bridgehead atoms. The third-order valence-corrected chi connectivity index (χ3v) is 2.97. The molecule has 0 radical (unpaired) electrons. The van der Waals surface area contributed by atoms with Crippen molar-refractivity contribution in [3.63, 3.8) is 0 Å². The molecule has 80 valence electrons. The third-order valence-electron chi connectivity index (χ3n) is 2.97. The lowest BCUT2D eigenvalue weighted by Gasteiger charge is -2.25. The zero-order chi connectivity index (χ0) is 10.8. The van der Waals surface area contributed by atoms with Crippen LogP contribution >= 0.6 is 0 Å². The van der Waals surface area contributed by atoms with Crippen LogP contribution in [0.4, 0.5) is 5.69 Å². The fourth-order valence-corrected chi connectivity index (χ4v) is 2.17. The highest BCUT2D eigenvalue weighted by atomic mass is 16.4. The van der Waals surface area contributed by atoms with Gasteiger partial charge in [-0.1, -0.05) is 25.1 Å². The van der Waals surface area contributed by atoms with Gasteiger partial charge in [-0.3, -0.25) is 4.79 Å². The molecule has 1 aromatic carbocycles. The molecule has 15 heavy (non-hydrogen) atoms. The van der Waals surface area contributed by atoms with E-state index in [1.165, 1.54) is 5.56 Å². The maximum Gasteiger partial charge on any atom is 0.311 e. The summed E-state index contributed by atoms with van der Waals surface area (Å²) in [5, 5.41) is 12.4. The van der Waals surface area contributed by atoms with Gasteiger partial charge in [0.05, 0.1) is 5.92 Å². The van der Waals surface area contributed by atoms with Gasteiger partial charge in [-0.2, -0.15) is 0 Å². The maximum absolute atomic E-state index is 11.1. The highest BCUT2D eigenvalue weighted by Gasteiger charge is 2.26. The van der Waals surface area contributed by atoms with Crippen molar-refractivity contribution < 1.29 is 9.90 Å². The monoisotopic (exact) mass is 205 g/mol. The molecular weight excluding hydrogens is 190 g/mol. The van der Waals surface area contributed by atoms with Crippen molar-refractivity contribution in [3.05, 3.63) is 29.3 Å². The second-order valence-corrected chi connectivity index (χ2v) is 3.84. The maximum atomic E-state index is 11.1. The summed E-state index contributed by atoms with van der Waals surface area (Å²) in [6.07, 6.45) is 1.61. The molecule has 0 saturated carbocycles. The molecule has 1 aliphatic heterocycles. The summed E-state index contributed by atoms with van der Waals surface area (Å²) in [5.74, 6) is -1.06. The van der Waals surface area contributed by atoms with Gasteiger partial charge in [0.15, 0.2) is 0 Å². The van der Waals surface area contributed by atoms with E-state index in [0.717, 1.165) is 24.2 Å². The highest BCUT2D eigenvalue weighted by molar-refractivity contribution is 5.80. The van der Waals surface area contributed by atoms with E-state index in [1.807, 2.05) is 12.1 Å². The number of rotatable bonds is 2. The lowest BCUT2D eigenvalue weighted by atomic mass is 9.88. The van der Waals surface area contributed by atoms with Gasteiger partial charge in [0, 0.05) is 12.2 Å². The first-order valence-corrected chi connectivity index (χ1v) is 5.32. The first-order chi connectivity index (χ1) is 7.24. The summed E-state index contributed by atoms with van der Waals surface area (Å²) >= 11 is 0. The molecule has 1 atom stereocenters. The summed E-state index contributed by atoms with van der Waals surface area (Å²) < 4.78 is 0. The van der Waals surface area contributed by atoms with E-state index in [0.29, 0.717) is 6.42 Å². The van der Waals surface area contributed by atoms with Gasteiger partial charge >= 0.3 is 5.97 Å². The number of fused-ring (bicyclic) bond motifs is 1. The number of aliphatic carboxylic acids is 1. The van der Waals surface area contributed by atoms with Crippen LogP contribution in [-0.2, 0) is 11.2 Å². The molecule has 0 aliphatic carbocycles. The Morgan fingerprint density at radius 2 is 2.40 bits per heavy atom. The van der Waals surface area contributed by atoms with Crippen molar-refractivity contribution in [2.45, 2.75) is 25.7 Å². The normalized spacial score (nSPS) is 19.1.